The summed E-state index contributed by atoms with van der Waals surface area (Å²) in [5, 5.41) is 13.8. The number of anilines is 1. The lowest BCUT2D eigenvalue weighted by Crippen LogP contribution is -2.72. The van der Waals surface area contributed by atoms with Crippen molar-refractivity contribution >= 4 is 29.2 Å². The van der Waals surface area contributed by atoms with E-state index >= 15 is 0 Å². The van der Waals surface area contributed by atoms with Gasteiger partial charge in [0.25, 0.3) is 5.69 Å². The molecule has 3 aliphatic heterocycles. The molecule has 158 valence electrons. The number of nitro groups is 1. The van der Waals surface area contributed by atoms with E-state index in [2.05, 4.69) is 5.32 Å². The Bertz CT molecular complexity index is 957. The summed E-state index contributed by atoms with van der Waals surface area (Å²) in [7, 11) is 0. The van der Waals surface area contributed by atoms with Crippen LogP contribution >= 0.6 is 0 Å². The minimum Gasteiger partial charge on any atom is -0.367 e. The maximum atomic E-state index is 13.9. The first-order chi connectivity index (χ1) is 14.4. The van der Waals surface area contributed by atoms with Crippen molar-refractivity contribution in [1.82, 2.24) is 10.2 Å². The summed E-state index contributed by atoms with van der Waals surface area (Å²) in [4.78, 5) is 54.0. The van der Waals surface area contributed by atoms with Crippen molar-refractivity contribution in [2.24, 2.45) is 5.41 Å². The highest BCUT2D eigenvalue weighted by molar-refractivity contribution is 6.20. The Morgan fingerprint density at radius 3 is 2.57 bits per heavy atom. The van der Waals surface area contributed by atoms with Crippen molar-refractivity contribution in [1.29, 1.82) is 0 Å². The molecule has 0 radical (unpaired) electrons. The Hall–Kier alpha value is -2.97. The van der Waals surface area contributed by atoms with Crippen LogP contribution in [0, 0.1) is 15.5 Å². The number of barbiturate groups is 1. The molecule has 0 aromatic heterocycles. The van der Waals surface area contributed by atoms with Crippen molar-refractivity contribution < 1.29 is 19.3 Å². The number of nitrogens with one attached hydrogen (secondary N) is 1. The fourth-order valence-corrected chi connectivity index (χ4v) is 5.89. The minimum atomic E-state index is -1.43. The second-order valence-corrected chi connectivity index (χ2v) is 8.80. The third-order valence-corrected chi connectivity index (χ3v) is 7.26. The minimum absolute atomic E-state index is 0.0644. The first kappa shape index (κ1) is 19.0. The lowest BCUT2D eigenvalue weighted by atomic mass is 9.68. The van der Waals surface area contributed by atoms with E-state index in [0.29, 0.717) is 18.5 Å². The van der Waals surface area contributed by atoms with E-state index in [1.165, 1.54) is 17.0 Å². The van der Waals surface area contributed by atoms with Crippen LogP contribution in [0.5, 0.6) is 0 Å². The number of nitrogens with zero attached hydrogens (tertiary/aromatic N) is 3. The van der Waals surface area contributed by atoms with E-state index in [-0.39, 0.29) is 24.2 Å². The molecule has 4 aliphatic rings. The van der Waals surface area contributed by atoms with E-state index in [4.69, 9.17) is 0 Å². The third kappa shape index (κ3) is 2.57. The van der Waals surface area contributed by atoms with Crippen LogP contribution in [0.4, 0.5) is 16.2 Å². The monoisotopic (exact) mass is 412 g/mol. The number of rotatable bonds is 2. The zero-order valence-electron chi connectivity index (χ0n) is 16.6. The maximum Gasteiger partial charge on any atom is 0.331 e. The lowest BCUT2D eigenvalue weighted by molar-refractivity contribution is -0.384. The molecule has 1 aromatic carbocycles. The number of amides is 4. The number of hydrogen-bond donors (Lipinski definition) is 1. The van der Waals surface area contributed by atoms with Crippen LogP contribution < -0.4 is 10.2 Å². The van der Waals surface area contributed by atoms with Gasteiger partial charge in [0, 0.05) is 36.8 Å². The van der Waals surface area contributed by atoms with Gasteiger partial charge in [-0.3, -0.25) is 29.9 Å². The van der Waals surface area contributed by atoms with Gasteiger partial charge in [-0.1, -0.05) is 19.3 Å². The molecule has 5 rings (SSSR count). The van der Waals surface area contributed by atoms with Crippen LogP contribution in [-0.2, 0) is 16.0 Å². The number of imide groups is 2. The zero-order chi connectivity index (χ0) is 21.0. The first-order valence-corrected chi connectivity index (χ1v) is 10.7. The van der Waals surface area contributed by atoms with Crippen molar-refractivity contribution in [3.8, 4) is 0 Å². The molecule has 1 aliphatic carbocycles. The van der Waals surface area contributed by atoms with E-state index in [1.807, 2.05) is 4.90 Å². The Morgan fingerprint density at radius 1 is 1.07 bits per heavy atom. The van der Waals surface area contributed by atoms with Crippen LogP contribution in [-0.4, -0.2) is 46.3 Å². The standard InChI is InChI=1S/C21H24N4O5/c26-18-21(19(27)24(20(28)22-18)14-5-2-1-3-6-14)12-13-11-15(25(29)30)8-9-16(13)23-10-4-7-17(21)23/h8-9,11,14,17H,1-7,10,12H2,(H,22,26,28)/t17-,21+/m1/s1. The van der Waals surface area contributed by atoms with E-state index < -0.39 is 28.2 Å². The number of non-ortho nitro benzene ring substituents is 1. The summed E-state index contributed by atoms with van der Waals surface area (Å²) >= 11 is 0. The van der Waals surface area contributed by atoms with Gasteiger partial charge in [0.15, 0.2) is 5.41 Å². The van der Waals surface area contributed by atoms with Gasteiger partial charge in [0.05, 0.1) is 11.0 Å². The van der Waals surface area contributed by atoms with Crippen LogP contribution in [0.3, 0.4) is 0 Å². The first-order valence-electron chi connectivity index (χ1n) is 10.7. The molecular weight excluding hydrogens is 388 g/mol. The van der Waals surface area contributed by atoms with Gasteiger partial charge in [0.1, 0.15) is 0 Å². The summed E-state index contributed by atoms with van der Waals surface area (Å²) in [5.41, 5.74) is -0.0333. The summed E-state index contributed by atoms with van der Waals surface area (Å²) in [5.74, 6) is -1.00. The summed E-state index contributed by atoms with van der Waals surface area (Å²) < 4.78 is 0. The van der Waals surface area contributed by atoms with Crippen LogP contribution in [0.15, 0.2) is 18.2 Å². The Balaban J connectivity index is 1.61. The number of urea groups is 1. The Morgan fingerprint density at radius 2 is 1.83 bits per heavy atom. The summed E-state index contributed by atoms with van der Waals surface area (Å²) in [6, 6.07) is 3.47. The van der Waals surface area contributed by atoms with Crippen molar-refractivity contribution in [2.45, 2.75) is 63.5 Å². The zero-order valence-corrected chi connectivity index (χ0v) is 16.6. The van der Waals surface area contributed by atoms with Gasteiger partial charge in [-0.25, -0.2) is 4.79 Å². The fraction of sp³-hybridized carbons (Fsp3) is 0.571. The number of nitro benzene ring substituents is 1. The molecule has 9 nitrogen and oxygen atoms in total. The molecule has 0 unspecified atom stereocenters. The molecule has 3 heterocycles. The average molecular weight is 412 g/mol. The van der Waals surface area contributed by atoms with Gasteiger partial charge in [-0.2, -0.15) is 0 Å². The topological polar surface area (TPSA) is 113 Å². The predicted octanol–water partition coefficient (Wildman–Crippen LogP) is 2.52. The van der Waals surface area contributed by atoms with Gasteiger partial charge in [0.2, 0.25) is 11.8 Å². The molecule has 2 atom stereocenters. The number of benzene rings is 1. The Kier molecular flexibility index (Phi) is 4.30. The Labute approximate surface area is 173 Å². The van der Waals surface area contributed by atoms with Gasteiger partial charge in [-0.05, 0) is 37.3 Å². The van der Waals surface area contributed by atoms with Crippen molar-refractivity contribution in [3.05, 3.63) is 33.9 Å². The highest BCUT2D eigenvalue weighted by Crippen LogP contribution is 2.49. The highest BCUT2D eigenvalue weighted by Gasteiger charge is 2.63. The van der Waals surface area contributed by atoms with E-state index in [1.54, 1.807) is 6.07 Å². The normalized spacial score (nSPS) is 29.1. The average Bonchev–Trinajstić information content (AvgIpc) is 3.23. The van der Waals surface area contributed by atoms with E-state index in [9.17, 15) is 24.5 Å². The highest BCUT2D eigenvalue weighted by atomic mass is 16.6. The number of hydrogen-bond acceptors (Lipinski definition) is 6. The number of carbonyl (C=O) groups is 3. The van der Waals surface area contributed by atoms with E-state index in [0.717, 1.165) is 44.2 Å². The van der Waals surface area contributed by atoms with Crippen LogP contribution in [0.1, 0.15) is 50.5 Å². The number of carbonyl (C=O) groups excluding carboxylic acids is 3. The third-order valence-electron chi connectivity index (χ3n) is 7.26. The van der Waals surface area contributed by atoms with Gasteiger partial charge >= 0.3 is 6.03 Å². The van der Waals surface area contributed by atoms with Crippen LogP contribution in [0.2, 0.25) is 0 Å². The molecule has 3 fully saturated rings. The second kappa shape index (κ2) is 6.78. The maximum absolute atomic E-state index is 13.9. The molecule has 0 bridgehead atoms. The predicted molar refractivity (Wildman–Crippen MR) is 107 cm³/mol. The van der Waals surface area contributed by atoms with Crippen LogP contribution in [0.25, 0.3) is 0 Å². The van der Waals surface area contributed by atoms with Gasteiger partial charge < -0.3 is 4.90 Å². The lowest BCUT2D eigenvalue weighted by Gasteiger charge is -2.51. The van der Waals surface area contributed by atoms with Crippen molar-refractivity contribution in [2.75, 3.05) is 11.4 Å². The van der Waals surface area contributed by atoms with Gasteiger partial charge in [-0.15, -0.1) is 0 Å². The molecule has 1 N–H and O–H groups in total. The molecule has 1 spiro atoms. The quantitative estimate of drug-likeness (QED) is 0.454. The fourth-order valence-electron chi connectivity index (χ4n) is 5.89. The summed E-state index contributed by atoms with van der Waals surface area (Å²) in [6.45, 7) is 0.676. The largest absolute Gasteiger partial charge is 0.367 e. The molecule has 9 heteroatoms. The van der Waals surface area contributed by atoms with Crippen molar-refractivity contribution in [3.63, 3.8) is 0 Å². The molecule has 1 saturated carbocycles. The summed E-state index contributed by atoms with van der Waals surface area (Å²) in [6.07, 6.45) is 6.05. The molecule has 4 amide bonds. The number of fused-ring (bicyclic) bond motifs is 4. The SMILES string of the molecule is O=C1NC(=O)[C@@]2(Cc3cc([N+](=O)[O-])ccc3N3CCC[C@@H]32)C(=O)N1C1CCCCC1. The molecular formula is C21H24N4O5. The second-order valence-electron chi connectivity index (χ2n) is 8.80. The molecule has 2 saturated heterocycles. The molecule has 1 aromatic rings. The molecule has 30 heavy (non-hydrogen) atoms. The smallest absolute Gasteiger partial charge is 0.331 e.